The third kappa shape index (κ3) is 3.75. The minimum atomic E-state index is -1.24. The van der Waals surface area contributed by atoms with Crippen LogP contribution in [0.25, 0.3) is 16.8 Å². The van der Waals surface area contributed by atoms with Crippen molar-refractivity contribution in [2.24, 2.45) is 0 Å². The quantitative estimate of drug-likeness (QED) is 0.573. The number of rotatable bonds is 3. The summed E-state index contributed by atoms with van der Waals surface area (Å²) in [6.07, 6.45) is 0.599. The topological polar surface area (TPSA) is 57.4 Å². The van der Waals surface area contributed by atoms with Crippen LogP contribution in [0.3, 0.4) is 0 Å². The first kappa shape index (κ1) is 18.8. The van der Waals surface area contributed by atoms with E-state index in [-0.39, 0.29) is 56.9 Å². The number of hydrogen-bond donors (Lipinski definition) is 0. The summed E-state index contributed by atoms with van der Waals surface area (Å²) in [5, 5.41) is 15.5. The van der Waals surface area contributed by atoms with Gasteiger partial charge >= 0.3 is 51.4 Å². The van der Waals surface area contributed by atoms with Crippen LogP contribution in [0.1, 0.15) is 23.0 Å². The Labute approximate surface area is 183 Å². The van der Waals surface area contributed by atoms with Crippen LogP contribution in [0.15, 0.2) is 40.9 Å². The van der Waals surface area contributed by atoms with Crippen molar-refractivity contribution in [2.45, 2.75) is 13.3 Å². The van der Waals surface area contributed by atoms with Gasteiger partial charge in [-0.1, -0.05) is 22.9 Å². The van der Waals surface area contributed by atoms with Crippen molar-refractivity contribution < 1.29 is 65.7 Å². The minimum absolute atomic E-state index is 0. The van der Waals surface area contributed by atoms with Crippen molar-refractivity contribution in [2.75, 3.05) is 0 Å². The molecule has 0 saturated heterocycles. The second-order valence-electron chi connectivity index (χ2n) is 4.87. The zero-order chi connectivity index (χ0) is 15.9. The number of carboxylic acid groups (broad SMARTS) is 1. The molecular formula is C16H11BrFKN2O2. The molecule has 3 aromatic rings. The predicted molar refractivity (Wildman–Crippen MR) is 82.0 cm³/mol. The number of carbonyl (C=O) groups excluding carboxylic acids is 1. The van der Waals surface area contributed by atoms with E-state index in [2.05, 4.69) is 21.0 Å². The van der Waals surface area contributed by atoms with Gasteiger partial charge in [0.2, 0.25) is 0 Å². The third-order valence-electron chi connectivity index (χ3n) is 3.44. The van der Waals surface area contributed by atoms with E-state index in [4.69, 9.17) is 0 Å². The second-order valence-corrected chi connectivity index (χ2v) is 5.78. The molecule has 0 bridgehead atoms. The Morgan fingerprint density at radius 1 is 1.30 bits per heavy atom. The molecule has 0 radical (unpaired) electrons. The van der Waals surface area contributed by atoms with Gasteiger partial charge in [-0.05, 0) is 42.8 Å². The van der Waals surface area contributed by atoms with E-state index in [9.17, 15) is 14.3 Å². The van der Waals surface area contributed by atoms with E-state index in [1.54, 1.807) is 22.7 Å². The minimum Gasteiger partial charge on any atom is -0.545 e. The number of carboxylic acids is 1. The van der Waals surface area contributed by atoms with Gasteiger partial charge in [0.1, 0.15) is 5.82 Å². The van der Waals surface area contributed by atoms with Crippen LogP contribution in [0.4, 0.5) is 4.39 Å². The fourth-order valence-electron chi connectivity index (χ4n) is 2.37. The average Bonchev–Trinajstić information content (AvgIpc) is 2.89. The van der Waals surface area contributed by atoms with Crippen LogP contribution in [-0.2, 0) is 6.42 Å². The summed E-state index contributed by atoms with van der Waals surface area (Å²) in [6.45, 7) is 1.90. The molecule has 0 spiro atoms. The molecule has 0 atom stereocenters. The van der Waals surface area contributed by atoms with Gasteiger partial charge in [-0.2, -0.15) is 5.10 Å². The standard InChI is InChI=1S/C16H12BrFN2O2.K/c1-2-11-5-9(16(21)22)6-12-8-15(19-20(11)12)13-4-3-10(17)7-14(13)18;/h3-8H,2H2,1H3,(H,21,22);/q;+1/p-1. The normalized spacial score (nSPS) is 10.6. The number of hydrogen-bond acceptors (Lipinski definition) is 3. The van der Waals surface area contributed by atoms with Crippen molar-refractivity contribution in [1.82, 2.24) is 9.61 Å². The van der Waals surface area contributed by atoms with E-state index in [0.717, 1.165) is 5.69 Å². The molecule has 2 aromatic heterocycles. The van der Waals surface area contributed by atoms with E-state index in [0.29, 0.717) is 27.7 Å². The Balaban J connectivity index is 0.00000192. The van der Waals surface area contributed by atoms with Crippen LogP contribution in [0, 0.1) is 5.82 Å². The molecule has 0 unspecified atom stereocenters. The van der Waals surface area contributed by atoms with Gasteiger partial charge in [0.15, 0.2) is 0 Å². The first-order valence-corrected chi connectivity index (χ1v) is 7.48. The number of aromatic nitrogens is 2. The summed E-state index contributed by atoms with van der Waals surface area (Å²) in [7, 11) is 0. The summed E-state index contributed by atoms with van der Waals surface area (Å²) >= 11 is 3.21. The SMILES string of the molecule is CCc1cc(C(=O)[O-])cc2cc(-c3ccc(Br)cc3F)nn12.[K+]. The number of nitrogens with zero attached hydrogens (tertiary/aromatic N) is 2. The third-order valence-corrected chi connectivity index (χ3v) is 3.93. The summed E-state index contributed by atoms with van der Waals surface area (Å²) in [6, 6.07) is 9.39. The summed E-state index contributed by atoms with van der Waals surface area (Å²) in [5.74, 6) is -1.63. The number of halogens is 2. The maximum atomic E-state index is 14.1. The monoisotopic (exact) mass is 400 g/mol. The Hall–Kier alpha value is -0.574. The number of benzene rings is 1. The Kier molecular flexibility index (Phi) is 6.15. The van der Waals surface area contributed by atoms with Crippen LogP contribution in [0.2, 0.25) is 0 Å². The predicted octanol–water partition coefficient (Wildman–Crippen LogP) is -0.167. The van der Waals surface area contributed by atoms with E-state index in [1.807, 2.05) is 6.92 Å². The maximum absolute atomic E-state index is 14.1. The molecule has 2 heterocycles. The smallest absolute Gasteiger partial charge is 0.545 e. The van der Waals surface area contributed by atoms with Gasteiger partial charge in [-0.25, -0.2) is 8.91 Å². The van der Waals surface area contributed by atoms with Gasteiger partial charge in [-0.15, -0.1) is 0 Å². The molecule has 0 aliphatic rings. The van der Waals surface area contributed by atoms with E-state index < -0.39 is 11.8 Å². The molecule has 0 aliphatic carbocycles. The van der Waals surface area contributed by atoms with E-state index in [1.165, 1.54) is 18.2 Å². The number of aryl methyl sites for hydroxylation is 1. The van der Waals surface area contributed by atoms with Gasteiger partial charge in [-0.3, -0.25) is 0 Å². The fourth-order valence-corrected chi connectivity index (χ4v) is 2.70. The number of aromatic carboxylic acids is 1. The van der Waals surface area contributed by atoms with E-state index >= 15 is 0 Å². The molecule has 0 aliphatic heterocycles. The molecule has 23 heavy (non-hydrogen) atoms. The van der Waals surface area contributed by atoms with Gasteiger partial charge in [0.25, 0.3) is 0 Å². The Morgan fingerprint density at radius 3 is 2.65 bits per heavy atom. The zero-order valence-corrected chi connectivity index (χ0v) is 17.3. The van der Waals surface area contributed by atoms with Crippen LogP contribution in [0.5, 0.6) is 0 Å². The molecular weight excluding hydrogens is 390 g/mol. The van der Waals surface area contributed by atoms with Gasteiger partial charge in [0.05, 0.1) is 17.2 Å². The molecule has 112 valence electrons. The molecule has 0 saturated carbocycles. The molecule has 0 N–H and O–H groups in total. The fraction of sp³-hybridized carbons (Fsp3) is 0.125. The summed E-state index contributed by atoms with van der Waals surface area (Å²) in [4.78, 5) is 11.1. The molecule has 3 rings (SSSR count). The van der Waals surface area contributed by atoms with Crippen molar-refractivity contribution in [3.8, 4) is 11.3 Å². The van der Waals surface area contributed by atoms with Crippen LogP contribution < -0.4 is 56.5 Å². The number of pyridine rings is 1. The van der Waals surface area contributed by atoms with Crippen LogP contribution >= 0.6 is 15.9 Å². The Bertz CT molecular complexity index is 895. The second kappa shape index (κ2) is 7.54. The zero-order valence-electron chi connectivity index (χ0n) is 12.6. The van der Waals surface area contributed by atoms with Gasteiger partial charge in [0, 0.05) is 21.3 Å². The Morgan fingerprint density at radius 2 is 2.04 bits per heavy atom. The van der Waals surface area contributed by atoms with Crippen molar-refractivity contribution >= 4 is 27.4 Å². The van der Waals surface area contributed by atoms with Crippen LogP contribution in [-0.4, -0.2) is 15.6 Å². The van der Waals surface area contributed by atoms with Crippen molar-refractivity contribution in [1.29, 1.82) is 0 Å². The molecule has 1 aromatic carbocycles. The first-order chi connectivity index (χ1) is 10.5. The van der Waals surface area contributed by atoms with Crippen molar-refractivity contribution in [3.05, 3.63) is 57.9 Å². The molecule has 4 nitrogen and oxygen atoms in total. The van der Waals surface area contributed by atoms with Gasteiger partial charge < -0.3 is 9.90 Å². The first-order valence-electron chi connectivity index (χ1n) is 6.69. The average molecular weight is 401 g/mol. The molecule has 0 fully saturated rings. The summed E-state index contributed by atoms with van der Waals surface area (Å²) in [5.41, 5.74) is 2.22. The largest absolute Gasteiger partial charge is 1.00 e. The number of fused-ring (bicyclic) bond motifs is 1. The number of carbonyl (C=O) groups is 1. The molecule has 0 amide bonds. The molecule has 7 heteroatoms. The summed E-state index contributed by atoms with van der Waals surface area (Å²) < 4.78 is 16.3. The van der Waals surface area contributed by atoms with Crippen molar-refractivity contribution in [3.63, 3.8) is 0 Å². The maximum Gasteiger partial charge on any atom is 1.00 e.